The van der Waals surface area contributed by atoms with Gasteiger partial charge >= 0.3 is 0 Å². The van der Waals surface area contributed by atoms with Gasteiger partial charge in [-0.05, 0) is 93.8 Å². The molecule has 3 N–H and O–H groups in total. The van der Waals surface area contributed by atoms with Gasteiger partial charge in [0.15, 0.2) is 0 Å². The summed E-state index contributed by atoms with van der Waals surface area (Å²) in [6, 6.07) is 0. The lowest BCUT2D eigenvalue weighted by atomic mass is 9.61. The maximum Gasteiger partial charge on any atom is 0.141 e. The SMILES string of the molecule is CCCCCCCCC(=O)C1([C@H](O)/C=C/[C@@H](C)[C@H]2CC[C@H]3/C(=C/C=C4C[C@@H](O)C[C@H](O)C4)CCC[C@]23C)CC1. The lowest BCUT2D eigenvalue weighted by Gasteiger charge is -2.44. The Balaban J connectivity index is 1.33. The summed E-state index contributed by atoms with van der Waals surface area (Å²) >= 11 is 0. The fourth-order valence-corrected chi connectivity index (χ4v) is 8.46. The number of carbonyl (C=O) groups is 1. The highest BCUT2D eigenvalue weighted by Gasteiger charge is 2.54. The predicted molar refractivity (Wildman–Crippen MR) is 159 cm³/mol. The van der Waals surface area contributed by atoms with Crippen molar-refractivity contribution in [3.8, 4) is 0 Å². The Morgan fingerprint density at radius 3 is 2.36 bits per heavy atom. The van der Waals surface area contributed by atoms with Gasteiger partial charge in [0.2, 0.25) is 0 Å². The molecule has 0 spiro atoms. The van der Waals surface area contributed by atoms with E-state index in [1.165, 1.54) is 56.9 Å². The summed E-state index contributed by atoms with van der Waals surface area (Å²) in [7, 11) is 0. The maximum atomic E-state index is 13.0. The van der Waals surface area contributed by atoms with Crippen molar-refractivity contribution >= 4 is 5.78 Å². The third kappa shape index (κ3) is 7.35. The highest BCUT2D eigenvalue weighted by Crippen LogP contribution is 2.59. The summed E-state index contributed by atoms with van der Waals surface area (Å²) in [5, 5.41) is 31.2. The molecule has 4 aliphatic carbocycles. The van der Waals surface area contributed by atoms with E-state index in [0.717, 1.165) is 32.1 Å². The first kappa shape index (κ1) is 30.7. The Morgan fingerprint density at radius 2 is 1.67 bits per heavy atom. The zero-order valence-electron chi connectivity index (χ0n) is 25.0. The molecule has 4 aliphatic rings. The molecule has 4 saturated carbocycles. The van der Waals surface area contributed by atoms with Gasteiger partial charge in [-0.25, -0.2) is 0 Å². The number of unbranched alkanes of at least 4 members (excludes halogenated alkanes) is 5. The number of ketones is 1. The molecular formula is C35H56O4. The predicted octanol–water partition coefficient (Wildman–Crippen LogP) is 7.61. The summed E-state index contributed by atoms with van der Waals surface area (Å²) in [5.74, 6) is 1.82. The number of hydrogen-bond acceptors (Lipinski definition) is 4. The molecule has 0 unspecified atom stereocenters. The van der Waals surface area contributed by atoms with Crippen LogP contribution in [0, 0.1) is 28.6 Å². The minimum atomic E-state index is -0.646. The fourth-order valence-electron chi connectivity index (χ4n) is 8.46. The number of allylic oxidation sites excluding steroid dienone is 4. The number of aliphatic hydroxyl groups excluding tert-OH is 3. The van der Waals surface area contributed by atoms with E-state index in [4.69, 9.17) is 0 Å². The van der Waals surface area contributed by atoms with Crippen molar-refractivity contribution in [1.29, 1.82) is 0 Å². The molecule has 220 valence electrons. The van der Waals surface area contributed by atoms with Gasteiger partial charge in [-0.2, -0.15) is 0 Å². The highest BCUT2D eigenvalue weighted by molar-refractivity contribution is 5.88. The molecule has 0 aromatic rings. The quantitative estimate of drug-likeness (QED) is 0.166. The normalized spacial score (nSPS) is 34.7. The zero-order chi connectivity index (χ0) is 28.0. The van der Waals surface area contributed by atoms with Crippen LogP contribution in [-0.2, 0) is 4.79 Å². The molecule has 0 aromatic heterocycles. The van der Waals surface area contributed by atoms with Gasteiger partial charge in [-0.1, -0.05) is 88.3 Å². The van der Waals surface area contributed by atoms with Crippen LogP contribution < -0.4 is 0 Å². The Kier molecular flexibility index (Phi) is 10.7. The zero-order valence-corrected chi connectivity index (χ0v) is 25.0. The van der Waals surface area contributed by atoms with Crippen LogP contribution in [0.1, 0.15) is 130 Å². The Labute approximate surface area is 238 Å². The van der Waals surface area contributed by atoms with E-state index < -0.39 is 23.7 Å². The Bertz CT molecular complexity index is 900. The third-order valence-corrected chi connectivity index (χ3v) is 11.0. The van der Waals surface area contributed by atoms with Gasteiger partial charge in [-0.15, -0.1) is 0 Å². The summed E-state index contributed by atoms with van der Waals surface area (Å²) in [6.07, 6.45) is 24.5. The van der Waals surface area contributed by atoms with Crippen LogP contribution in [0.4, 0.5) is 0 Å². The molecule has 0 aliphatic heterocycles. The molecular weight excluding hydrogens is 484 g/mol. The number of hydrogen-bond donors (Lipinski definition) is 3. The Morgan fingerprint density at radius 1 is 0.974 bits per heavy atom. The van der Waals surface area contributed by atoms with Gasteiger partial charge in [0.25, 0.3) is 0 Å². The molecule has 0 bridgehead atoms. The van der Waals surface area contributed by atoms with Crippen LogP contribution in [-0.4, -0.2) is 39.4 Å². The average molecular weight is 541 g/mol. The maximum absolute atomic E-state index is 13.0. The first-order chi connectivity index (χ1) is 18.7. The van der Waals surface area contributed by atoms with E-state index >= 15 is 0 Å². The lowest BCUT2D eigenvalue weighted by Crippen LogP contribution is -2.35. The second-order valence-corrected chi connectivity index (χ2v) is 13.9. The minimum Gasteiger partial charge on any atom is -0.393 e. The average Bonchev–Trinajstić information content (AvgIpc) is 3.63. The van der Waals surface area contributed by atoms with E-state index in [9.17, 15) is 20.1 Å². The van der Waals surface area contributed by atoms with Crippen LogP contribution in [0.15, 0.2) is 35.5 Å². The molecule has 0 saturated heterocycles. The van der Waals surface area contributed by atoms with E-state index in [1.54, 1.807) is 5.57 Å². The van der Waals surface area contributed by atoms with Gasteiger partial charge in [-0.3, -0.25) is 4.79 Å². The van der Waals surface area contributed by atoms with Crippen LogP contribution in [0.25, 0.3) is 0 Å². The first-order valence-corrected chi connectivity index (χ1v) is 16.3. The van der Waals surface area contributed by atoms with Gasteiger partial charge in [0.1, 0.15) is 5.78 Å². The lowest BCUT2D eigenvalue weighted by molar-refractivity contribution is -0.127. The molecule has 4 nitrogen and oxygen atoms in total. The number of rotatable bonds is 13. The van der Waals surface area contributed by atoms with Crippen molar-refractivity contribution in [2.24, 2.45) is 28.6 Å². The van der Waals surface area contributed by atoms with Gasteiger partial charge < -0.3 is 15.3 Å². The fraction of sp³-hybridized carbons (Fsp3) is 0.800. The third-order valence-electron chi connectivity index (χ3n) is 11.0. The summed E-state index contributed by atoms with van der Waals surface area (Å²) in [4.78, 5) is 13.0. The van der Waals surface area contributed by atoms with Crippen molar-refractivity contribution in [3.05, 3.63) is 35.5 Å². The molecule has 7 atom stereocenters. The van der Waals surface area contributed by atoms with E-state index in [-0.39, 0.29) is 11.2 Å². The largest absolute Gasteiger partial charge is 0.393 e. The number of fused-ring (bicyclic) bond motifs is 1. The molecule has 4 fully saturated rings. The number of carbonyl (C=O) groups excluding carboxylic acids is 1. The van der Waals surface area contributed by atoms with Gasteiger partial charge in [0, 0.05) is 6.42 Å². The smallest absolute Gasteiger partial charge is 0.141 e. The summed E-state index contributed by atoms with van der Waals surface area (Å²) in [6.45, 7) is 7.02. The molecule has 39 heavy (non-hydrogen) atoms. The van der Waals surface area contributed by atoms with Crippen molar-refractivity contribution in [1.82, 2.24) is 0 Å². The van der Waals surface area contributed by atoms with E-state index in [2.05, 4.69) is 39.0 Å². The molecule has 0 heterocycles. The number of Topliss-reactive ketones (excluding diaryl/α,β-unsaturated/α-hetero) is 1. The Hall–Kier alpha value is -1.23. The summed E-state index contributed by atoms with van der Waals surface area (Å²) < 4.78 is 0. The second kappa shape index (κ2) is 13.6. The molecule has 0 amide bonds. The monoisotopic (exact) mass is 540 g/mol. The van der Waals surface area contributed by atoms with Crippen molar-refractivity contribution < 1.29 is 20.1 Å². The first-order valence-electron chi connectivity index (χ1n) is 16.3. The molecule has 0 radical (unpaired) electrons. The molecule has 0 aromatic carbocycles. The highest BCUT2D eigenvalue weighted by atomic mass is 16.3. The van der Waals surface area contributed by atoms with Crippen molar-refractivity contribution in [2.75, 3.05) is 0 Å². The van der Waals surface area contributed by atoms with Crippen molar-refractivity contribution in [3.63, 3.8) is 0 Å². The van der Waals surface area contributed by atoms with E-state index in [1.807, 2.05) is 6.08 Å². The molecule has 4 rings (SSSR count). The van der Waals surface area contributed by atoms with Crippen LogP contribution >= 0.6 is 0 Å². The standard InChI is InChI=1S/C35H56O4/c1-4-5-6-7-8-9-12-32(38)35(20-21-35)33(39)18-13-25(2)30-16-17-31-27(11-10-19-34(30,31)3)15-14-26-22-28(36)24-29(37)23-26/h13-15,18,25,28-31,33,36-37,39H,4-12,16-17,19-24H2,1-3H3/b18-13+,27-15+/t25-,28-,29-,30-,31+,33-,34-/m1/s1. The van der Waals surface area contributed by atoms with Crippen molar-refractivity contribution in [2.45, 2.75) is 148 Å². The van der Waals surface area contributed by atoms with Crippen LogP contribution in [0.2, 0.25) is 0 Å². The second-order valence-electron chi connectivity index (χ2n) is 13.9. The van der Waals surface area contributed by atoms with E-state index in [0.29, 0.717) is 43.4 Å². The van der Waals surface area contributed by atoms with Gasteiger partial charge in [0.05, 0.1) is 23.7 Å². The minimum absolute atomic E-state index is 0.258. The summed E-state index contributed by atoms with van der Waals surface area (Å²) in [5.41, 5.74) is 2.46. The molecule has 4 heteroatoms. The van der Waals surface area contributed by atoms with Crippen LogP contribution in [0.3, 0.4) is 0 Å². The topological polar surface area (TPSA) is 77.8 Å². The number of aliphatic hydroxyl groups is 3. The van der Waals surface area contributed by atoms with Crippen LogP contribution in [0.5, 0.6) is 0 Å².